The van der Waals surface area contributed by atoms with Crippen molar-refractivity contribution >= 4 is 11.8 Å². The van der Waals surface area contributed by atoms with Gasteiger partial charge in [0.2, 0.25) is 11.6 Å². The first kappa shape index (κ1) is 17.7. The summed E-state index contributed by atoms with van der Waals surface area (Å²) in [6.45, 7) is 2.13. The lowest BCUT2D eigenvalue weighted by atomic mass is 10.1. The molecule has 3 aromatic rings. The number of rotatable bonds is 4. The predicted molar refractivity (Wildman–Crippen MR) is 100 cm³/mol. The van der Waals surface area contributed by atoms with E-state index in [1.807, 2.05) is 4.90 Å². The molecule has 1 saturated heterocycles. The molecule has 0 atom stereocenters. The highest BCUT2D eigenvalue weighted by Crippen LogP contribution is 2.29. The SMILES string of the molecule is COc1ccc(C(=O)N2CCN(c3oc(-c4ccco4)nc3C#N)CC2)cc1. The number of carbonyl (C=O) groups excluding carboxylic acids is 1. The molecule has 142 valence electrons. The summed E-state index contributed by atoms with van der Waals surface area (Å²) in [6, 6.07) is 12.6. The van der Waals surface area contributed by atoms with Gasteiger partial charge in [-0.1, -0.05) is 0 Å². The number of furan rings is 1. The summed E-state index contributed by atoms with van der Waals surface area (Å²) in [5.74, 6) is 1.83. The van der Waals surface area contributed by atoms with E-state index < -0.39 is 0 Å². The molecule has 0 aliphatic carbocycles. The molecule has 1 amide bonds. The minimum absolute atomic E-state index is 0.0309. The molecular formula is C20H18N4O4. The van der Waals surface area contributed by atoms with Crippen LogP contribution in [-0.4, -0.2) is 49.1 Å². The largest absolute Gasteiger partial charge is 0.497 e. The number of anilines is 1. The van der Waals surface area contributed by atoms with E-state index >= 15 is 0 Å². The van der Waals surface area contributed by atoms with Gasteiger partial charge in [-0.25, -0.2) is 0 Å². The highest BCUT2D eigenvalue weighted by molar-refractivity contribution is 5.94. The minimum Gasteiger partial charge on any atom is -0.497 e. The van der Waals surface area contributed by atoms with Crippen molar-refractivity contribution in [3.05, 3.63) is 53.9 Å². The van der Waals surface area contributed by atoms with Crippen LogP contribution in [0.2, 0.25) is 0 Å². The lowest BCUT2D eigenvalue weighted by Crippen LogP contribution is -2.48. The monoisotopic (exact) mass is 378 g/mol. The second-order valence-electron chi connectivity index (χ2n) is 6.27. The Morgan fingerprint density at radius 2 is 1.93 bits per heavy atom. The van der Waals surface area contributed by atoms with Crippen LogP contribution in [0.3, 0.4) is 0 Å². The Morgan fingerprint density at radius 3 is 2.54 bits per heavy atom. The average molecular weight is 378 g/mol. The van der Waals surface area contributed by atoms with Crippen LogP contribution >= 0.6 is 0 Å². The molecule has 0 radical (unpaired) electrons. The number of amides is 1. The fourth-order valence-corrected chi connectivity index (χ4v) is 3.13. The molecule has 2 aromatic heterocycles. The first-order valence-electron chi connectivity index (χ1n) is 8.82. The van der Waals surface area contributed by atoms with Gasteiger partial charge in [-0.2, -0.15) is 10.2 Å². The van der Waals surface area contributed by atoms with Crippen LogP contribution in [0.4, 0.5) is 5.88 Å². The van der Waals surface area contributed by atoms with E-state index in [1.54, 1.807) is 48.4 Å². The number of nitrogens with zero attached hydrogens (tertiary/aromatic N) is 4. The summed E-state index contributed by atoms with van der Waals surface area (Å²) in [5.41, 5.74) is 0.827. The highest BCUT2D eigenvalue weighted by Gasteiger charge is 2.27. The number of aromatic nitrogens is 1. The Balaban J connectivity index is 1.45. The van der Waals surface area contributed by atoms with E-state index in [0.29, 0.717) is 49.1 Å². The third-order valence-corrected chi connectivity index (χ3v) is 4.64. The molecule has 28 heavy (non-hydrogen) atoms. The quantitative estimate of drug-likeness (QED) is 0.689. The molecule has 0 saturated carbocycles. The van der Waals surface area contributed by atoms with Gasteiger partial charge < -0.3 is 23.4 Å². The molecule has 3 heterocycles. The normalized spacial score (nSPS) is 14.0. The smallest absolute Gasteiger partial charge is 0.266 e. The van der Waals surface area contributed by atoms with Gasteiger partial charge in [0.15, 0.2) is 5.76 Å². The molecule has 1 fully saturated rings. The predicted octanol–water partition coefficient (Wildman–Crippen LogP) is 2.78. The van der Waals surface area contributed by atoms with Gasteiger partial charge in [-0.15, -0.1) is 0 Å². The number of hydrogen-bond acceptors (Lipinski definition) is 7. The molecule has 1 aliphatic heterocycles. The highest BCUT2D eigenvalue weighted by atomic mass is 16.5. The van der Waals surface area contributed by atoms with Crippen molar-refractivity contribution in [3.63, 3.8) is 0 Å². The summed E-state index contributed by atoms with van der Waals surface area (Å²) in [7, 11) is 1.59. The van der Waals surface area contributed by atoms with Crippen LogP contribution < -0.4 is 9.64 Å². The molecule has 0 bridgehead atoms. The van der Waals surface area contributed by atoms with Crippen LogP contribution in [0.25, 0.3) is 11.7 Å². The van der Waals surface area contributed by atoms with Gasteiger partial charge in [0.25, 0.3) is 11.8 Å². The number of benzene rings is 1. The summed E-state index contributed by atoms with van der Waals surface area (Å²) in [5, 5.41) is 9.39. The zero-order valence-corrected chi connectivity index (χ0v) is 15.3. The van der Waals surface area contributed by atoms with Gasteiger partial charge in [0.05, 0.1) is 13.4 Å². The molecular weight excluding hydrogens is 360 g/mol. The Kier molecular flexibility index (Phi) is 4.72. The third-order valence-electron chi connectivity index (χ3n) is 4.64. The lowest BCUT2D eigenvalue weighted by molar-refractivity contribution is 0.0745. The summed E-state index contributed by atoms with van der Waals surface area (Å²) in [6.07, 6.45) is 1.52. The van der Waals surface area contributed by atoms with Crippen molar-refractivity contribution in [3.8, 4) is 23.5 Å². The Labute approximate surface area is 161 Å². The van der Waals surface area contributed by atoms with Gasteiger partial charge in [-0.05, 0) is 36.4 Å². The minimum atomic E-state index is -0.0309. The van der Waals surface area contributed by atoms with Crippen molar-refractivity contribution in [2.24, 2.45) is 0 Å². The van der Waals surface area contributed by atoms with Crippen molar-refractivity contribution in [2.75, 3.05) is 38.2 Å². The number of nitriles is 1. The van der Waals surface area contributed by atoms with E-state index in [2.05, 4.69) is 11.1 Å². The fourth-order valence-electron chi connectivity index (χ4n) is 3.13. The van der Waals surface area contributed by atoms with Crippen LogP contribution in [-0.2, 0) is 0 Å². The van der Waals surface area contributed by atoms with Gasteiger partial charge in [0, 0.05) is 31.7 Å². The number of piperazine rings is 1. The van der Waals surface area contributed by atoms with Crippen LogP contribution in [0.1, 0.15) is 16.1 Å². The van der Waals surface area contributed by atoms with Crippen molar-refractivity contribution < 1.29 is 18.4 Å². The Bertz CT molecular complexity index is 994. The number of hydrogen-bond donors (Lipinski definition) is 0. The fraction of sp³-hybridized carbons (Fsp3) is 0.250. The van der Waals surface area contributed by atoms with E-state index in [0.717, 1.165) is 0 Å². The number of oxazole rings is 1. The van der Waals surface area contributed by atoms with Crippen LogP contribution in [0.5, 0.6) is 5.75 Å². The molecule has 8 nitrogen and oxygen atoms in total. The number of methoxy groups -OCH3 is 1. The maximum Gasteiger partial charge on any atom is 0.266 e. The van der Waals surface area contributed by atoms with E-state index in [-0.39, 0.29) is 17.5 Å². The second-order valence-corrected chi connectivity index (χ2v) is 6.27. The molecule has 1 aliphatic rings. The second kappa shape index (κ2) is 7.48. The maximum absolute atomic E-state index is 12.7. The molecule has 0 unspecified atom stereocenters. The van der Waals surface area contributed by atoms with Crippen molar-refractivity contribution in [1.29, 1.82) is 5.26 Å². The zero-order valence-electron chi connectivity index (χ0n) is 15.3. The van der Waals surface area contributed by atoms with Gasteiger partial charge in [-0.3, -0.25) is 4.79 Å². The summed E-state index contributed by atoms with van der Waals surface area (Å²) in [4.78, 5) is 20.6. The van der Waals surface area contributed by atoms with E-state index in [4.69, 9.17) is 13.6 Å². The number of carbonyl (C=O) groups is 1. The molecule has 8 heteroatoms. The Morgan fingerprint density at radius 1 is 1.18 bits per heavy atom. The molecule has 0 N–H and O–H groups in total. The topological polar surface area (TPSA) is 95.7 Å². The summed E-state index contributed by atoms with van der Waals surface area (Å²) < 4.78 is 16.2. The van der Waals surface area contributed by atoms with Crippen LogP contribution in [0, 0.1) is 11.3 Å². The first-order chi connectivity index (χ1) is 13.7. The van der Waals surface area contributed by atoms with Crippen molar-refractivity contribution in [1.82, 2.24) is 9.88 Å². The van der Waals surface area contributed by atoms with Crippen LogP contribution in [0.15, 0.2) is 51.5 Å². The average Bonchev–Trinajstić information content (AvgIpc) is 3.43. The maximum atomic E-state index is 12.7. The Hall–Kier alpha value is -3.73. The van der Waals surface area contributed by atoms with Gasteiger partial charge in [0.1, 0.15) is 11.8 Å². The van der Waals surface area contributed by atoms with E-state index in [1.165, 1.54) is 6.26 Å². The van der Waals surface area contributed by atoms with E-state index in [9.17, 15) is 10.1 Å². The zero-order chi connectivity index (χ0) is 19.5. The number of ether oxygens (including phenoxy) is 1. The molecule has 0 spiro atoms. The van der Waals surface area contributed by atoms with Crippen molar-refractivity contribution in [2.45, 2.75) is 0 Å². The standard InChI is InChI=1S/C20H18N4O4/c1-26-15-6-4-14(5-7-15)19(25)23-8-10-24(11-9-23)20-16(13-21)22-18(28-20)17-3-2-12-27-17/h2-7,12H,8-11H2,1H3. The molecule has 4 rings (SSSR count). The third kappa shape index (κ3) is 3.30. The molecule has 1 aromatic carbocycles. The lowest BCUT2D eigenvalue weighted by Gasteiger charge is -2.34. The van der Waals surface area contributed by atoms with Gasteiger partial charge >= 0.3 is 0 Å². The first-order valence-corrected chi connectivity index (χ1v) is 8.82. The summed E-state index contributed by atoms with van der Waals surface area (Å²) >= 11 is 0.